The third-order valence-electron chi connectivity index (χ3n) is 15.6. The molecule has 0 unspecified atom stereocenters. The molecule has 46 heavy (non-hydrogen) atoms. The van der Waals surface area contributed by atoms with Crippen LogP contribution in [0.3, 0.4) is 0 Å². The monoisotopic (exact) mass is 636 g/mol. The van der Waals surface area contributed by atoms with Crippen LogP contribution in [0, 0.1) is 45.3 Å². The highest BCUT2D eigenvalue weighted by Gasteiger charge is 2.77. The van der Waals surface area contributed by atoms with Crippen LogP contribution in [0.1, 0.15) is 105 Å². The lowest BCUT2D eigenvalue weighted by Crippen LogP contribution is -2.73. The number of hydrogen-bond acceptors (Lipinski definition) is 7. The van der Waals surface area contributed by atoms with Gasteiger partial charge in [-0.2, -0.15) is 0 Å². The molecule has 254 valence electrons. The number of phenols is 1. The van der Waals surface area contributed by atoms with E-state index in [1.807, 2.05) is 19.1 Å². The maximum Gasteiger partial charge on any atom is 0.162 e. The van der Waals surface area contributed by atoms with Gasteiger partial charge in [-0.05, 0) is 117 Å². The van der Waals surface area contributed by atoms with Crippen LogP contribution in [0.5, 0.6) is 5.75 Å². The van der Waals surface area contributed by atoms with Crippen LogP contribution in [0.2, 0.25) is 0 Å². The number of benzene rings is 1. The van der Waals surface area contributed by atoms with E-state index in [1.165, 1.54) is 0 Å². The van der Waals surface area contributed by atoms with Crippen molar-refractivity contribution in [3.05, 3.63) is 41.5 Å². The average Bonchev–Trinajstić information content (AvgIpc) is 3.56. The molecule has 4 saturated carbocycles. The molecule has 12 atom stereocenters. The summed E-state index contributed by atoms with van der Waals surface area (Å²) in [4.78, 5) is 15.0. The number of aliphatic hydroxyl groups is 4. The fourth-order valence-corrected chi connectivity index (χ4v) is 12.6. The fraction of sp³-hybridized carbons (Fsp3) is 0.769. The Kier molecular flexibility index (Phi) is 7.38. The second-order valence-electron chi connectivity index (χ2n) is 17.5. The number of aromatic hydroxyl groups is 1. The van der Waals surface area contributed by atoms with Crippen LogP contribution in [0.15, 0.2) is 35.9 Å². The number of rotatable bonds is 6. The first-order chi connectivity index (χ1) is 21.5. The first-order valence-electron chi connectivity index (χ1n) is 18.0. The Bertz CT molecular complexity index is 1410. The lowest BCUT2D eigenvalue weighted by Gasteiger charge is -2.70. The molecular weight excluding hydrogens is 580 g/mol. The molecule has 0 radical (unpaired) electrons. The molecule has 1 aromatic rings. The highest BCUT2D eigenvalue weighted by atomic mass is 16.6. The normalized spacial score (nSPS) is 46.3. The van der Waals surface area contributed by atoms with Crippen LogP contribution in [-0.2, 0) is 16.0 Å². The molecule has 1 spiro atoms. The van der Waals surface area contributed by atoms with Crippen molar-refractivity contribution in [2.45, 2.75) is 141 Å². The van der Waals surface area contributed by atoms with Gasteiger partial charge in [0.05, 0.1) is 29.5 Å². The summed E-state index contributed by atoms with van der Waals surface area (Å²) in [5.74, 6) is 0.481. The molecular formula is C39H56O7. The zero-order valence-electron chi connectivity index (χ0n) is 28.6. The van der Waals surface area contributed by atoms with Crippen LogP contribution in [0.4, 0.5) is 0 Å². The molecule has 0 bridgehead atoms. The van der Waals surface area contributed by atoms with Gasteiger partial charge in [-0.15, -0.1) is 0 Å². The predicted octanol–water partition coefficient (Wildman–Crippen LogP) is 5.49. The van der Waals surface area contributed by atoms with Crippen molar-refractivity contribution in [3.63, 3.8) is 0 Å². The maximum atomic E-state index is 15.0. The molecule has 1 aromatic carbocycles. The summed E-state index contributed by atoms with van der Waals surface area (Å²) in [6, 6.07) is 7.01. The van der Waals surface area contributed by atoms with Gasteiger partial charge in [0.15, 0.2) is 5.78 Å². The van der Waals surface area contributed by atoms with Crippen molar-refractivity contribution in [1.82, 2.24) is 0 Å². The van der Waals surface area contributed by atoms with Crippen LogP contribution >= 0.6 is 0 Å². The molecule has 7 heteroatoms. The zero-order chi connectivity index (χ0) is 33.2. The first-order valence-corrected chi connectivity index (χ1v) is 18.0. The smallest absolute Gasteiger partial charge is 0.162 e. The fourth-order valence-electron chi connectivity index (χ4n) is 12.6. The molecule has 5 fully saturated rings. The number of ether oxygens (including phenoxy) is 1. The van der Waals surface area contributed by atoms with E-state index < -0.39 is 45.1 Å². The third kappa shape index (κ3) is 3.98. The van der Waals surface area contributed by atoms with Gasteiger partial charge in [-0.25, -0.2) is 0 Å². The highest BCUT2D eigenvalue weighted by Crippen LogP contribution is 2.77. The van der Waals surface area contributed by atoms with Gasteiger partial charge in [0.2, 0.25) is 0 Å². The Morgan fingerprint density at radius 1 is 1.00 bits per heavy atom. The molecule has 1 aliphatic heterocycles. The van der Waals surface area contributed by atoms with Gasteiger partial charge >= 0.3 is 0 Å². The van der Waals surface area contributed by atoms with Gasteiger partial charge in [-0.3, -0.25) is 4.79 Å². The minimum atomic E-state index is -1.27. The summed E-state index contributed by atoms with van der Waals surface area (Å²) in [6.07, 6.45) is 5.91. The van der Waals surface area contributed by atoms with E-state index in [1.54, 1.807) is 18.2 Å². The van der Waals surface area contributed by atoms with E-state index in [9.17, 15) is 30.3 Å². The molecule has 5 aliphatic carbocycles. The molecule has 7 nitrogen and oxygen atoms in total. The Balaban J connectivity index is 1.33. The van der Waals surface area contributed by atoms with Gasteiger partial charge in [0, 0.05) is 16.2 Å². The summed E-state index contributed by atoms with van der Waals surface area (Å²) in [7, 11) is 0. The predicted molar refractivity (Wildman–Crippen MR) is 175 cm³/mol. The Labute approximate surface area is 274 Å². The highest BCUT2D eigenvalue weighted by molar-refractivity contribution is 5.98. The van der Waals surface area contributed by atoms with E-state index in [0.717, 1.165) is 43.2 Å². The van der Waals surface area contributed by atoms with Crippen LogP contribution in [-0.4, -0.2) is 66.9 Å². The zero-order valence-corrected chi connectivity index (χ0v) is 28.6. The van der Waals surface area contributed by atoms with E-state index >= 15 is 0 Å². The number of hydrogen-bond donors (Lipinski definition) is 5. The largest absolute Gasteiger partial charge is 0.508 e. The number of ketones is 1. The quantitative estimate of drug-likeness (QED) is 0.261. The number of allylic oxidation sites excluding steroid dienone is 1. The number of fused-ring (bicyclic) bond motifs is 6. The van der Waals surface area contributed by atoms with E-state index in [2.05, 4.69) is 34.6 Å². The van der Waals surface area contributed by atoms with Crippen LogP contribution < -0.4 is 0 Å². The van der Waals surface area contributed by atoms with Crippen LogP contribution in [0.25, 0.3) is 0 Å². The topological polar surface area (TPSA) is 131 Å². The second-order valence-corrected chi connectivity index (χ2v) is 17.5. The second kappa shape index (κ2) is 10.4. The standard InChI is InChI=1S/C39H56O7/c1-22(2)23(3)31-33(46-31)35(5,44)29-14-18-39(45)27-19-30(42)38(20-24-9-11-25(40)12-10-24)21-28(41)32(43)37(15-7-8-16-37)36(38,6)26(27)13-17-34(29,39)4/h9-12,19,22-23,26,28-29,31-33,40-41,43-45H,7-8,13-18,20-21H2,1-6H3/t23-,26+,28-,29+,31+,32-,33-,34-,35-,36+,38+,39-/m1/s1. The molecule has 5 N–H and O–H groups in total. The van der Waals surface area contributed by atoms with Gasteiger partial charge < -0.3 is 30.3 Å². The Morgan fingerprint density at radius 3 is 2.28 bits per heavy atom. The molecule has 6 aliphatic rings. The number of aliphatic hydroxyl groups excluding tert-OH is 2. The summed E-state index contributed by atoms with van der Waals surface area (Å²) in [5, 5.41) is 58.7. The lowest BCUT2D eigenvalue weighted by atomic mass is 9.33. The Hall–Kier alpha value is -1.77. The molecule has 0 aromatic heterocycles. The van der Waals surface area contributed by atoms with Crippen molar-refractivity contribution in [3.8, 4) is 5.75 Å². The number of epoxide rings is 1. The van der Waals surface area contributed by atoms with E-state index in [4.69, 9.17) is 4.74 Å². The maximum absolute atomic E-state index is 15.0. The molecule has 7 rings (SSSR count). The minimum Gasteiger partial charge on any atom is -0.508 e. The van der Waals surface area contributed by atoms with E-state index in [0.29, 0.717) is 37.5 Å². The van der Waals surface area contributed by atoms with Gasteiger partial charge in [0.25, 0.3) is 0 Å². The van der Waals surface area contributed by atoms with Gasteiger partial charge in [-0.1, -0.05) is 59.6 Å². The van der Waals surface area contributed by atoms with Crippen molar-refractivity contribution in [2.24, 2.45) is 45.3 Å². The number of phenolic OH excluding ortho intramolecular Hbond substituents is 1. The van der Waals surface area contributed by atoms with Crippen molar-refractivity contribution >= 4 is 5.78 Å². The van der Waals surface area contributed by atoms with Crippen molar-refractivity contribution in [2.75, 3.05) is 0 Å². The number of carbonyl (C=O) groups excluding carboxylic acids is 1. The molecule has 0 amide bonds. The summed E-state index contributed by atoms with van der Waals surface area (Å²) in [5.41, 5.74) is -3.72. The number of carbonyl (C=O) groups is 1. The lowest BCUT2D eigenvalue weighted by molar-refractivity contribution is -0.247. The van der Waals surface area contributed by atoms with E-state index in [-0.39, 0.29) is 42.0 Å². The SMILES string of the molecule is CC(C)[C@@H](C)[C@@H]1O[C@H]1[C@](C)(O)[C@H]1CC[C@@]2(O)C3=CC(=O)[C@]4(Cc5ccc(O)cc5)C[C@@H](O)[C@@H](O)C5(CCCC5)[C@]4(C)[C@H]3CC[C@]12C. The minimum absolute atomic E-state index is 0.00379. The molecule has 1 saturated heterocycles. The summed E-state index contributed by atoms with van der Waals surface area (Å²) in [6.45, 7) is 12.8. The van der Waals surface area contributed by atoms with Gasteiger partial charge in [0.1, 0.15) is 11.9 Å². The average molecular weight is 637 g/mol. The molecule has 1 heterocycles. The summed E-state index contributed by atoms with van der Waals surface area (Å²) < 4.78 is 6.18. The summed E-state index contributed by atoms with van der Waals surface area (Å²) >= 11 is 0. The first kappa shape index (κ1) is 32.8. The Morgan fingerprint density at radius 2 is 1.65 bits per heavy atom. The third-order valence-corrected chi connectivity index (χ3v) is 15.6. The van der Waals surface area contributed by atoms with Crippen molar-refractivity contribution < 1.29 is 35.1 Å². The van der Waals surface area contributed by atoms with Crippen molar-refractivity contribution in [1.29, 1.82) is 0 Å².